The van der Waals surface area contributed by atoms with Gasteiger partial charge in [0.2, 0.25) is 0 Å². The van der Waals surface area contributed by atoms with E-state index in [9.17, 15) is 4.39 Å². The third-order valence-electron chi connectivity index (χ3n) is 4.80. The van der Waals surface area contributed by atoms with Crippen molar-refractivity contribution in [2.24, 2.45) is 4.99 Å². The Bertz CT molecular complexity index is 826. The molecule has 1 aliphatic rings. The van der Waals surface area contributed by atoms with Crippen LogP contribution in [0.25, 0.3) is 0 Å². The highest BCUT2D eigenvalue weighted by molar-refractivity contribution is 14.0. The molecule has 2 N–H and O–H groups in total. The van der Waals surface area contributed by atoms with Crippen LogP contribution >= 0.6 is 24.0 Å². The minimum Gasteiger partial charge on any atom is -0.371 e. The highest BCUT2D eigenvalue weighted by atomic mass is 127. The summed E-state index contributed by atoms with van der Waals surface area (Å²) in [5, 5.41) is 15.5. The molecule has 7 heteroatoms. The van der Waals surface area contributed by atoms with Crippen LogP contribution in [0, 0.1) is 17.1 Å². The molecule has 1 saturated heterocycles. The van der Waals surface area contributed by atoms with Gasteiger partial charge in [0.05, 0.1) is 11.6 Å². The summed E-state index contributed by atoms with van der Waals surface area (Å²) in [7, 11) is 1.70. The van der Waals surface area contributed by atoms with Crippen LogP contribution in [0.2, 0.25) is 0 Å². The SMILES string of the molecule is CN=C(NCc1cc(C#N)ccc1F)NC1CCN(c2ccccc2)CC1.I. The summed E-state index contributed by atoms with van der Waals surface area (Å²) in [6, 6.07) is 17.2. The quantitative estimate of drug-likeness (QED) is 0.388. The Morgan fingerprint density at radius 2 is 1.93 bits per heavy atom. The maximum Gasteiger partial charge on any atom is 0.191 e. The molecule has 0 atom stereocenters. The Morgan fingerprint density at radius 1 is 1.21 bits per heavy atom. The third-order valence-corrected chi connectivity index (χ3v) is 4.80. The van der Waals surface area contributed by atoms with Gasteiger partial charge < -0.3 is 15.5 Å². The molecule has 0 unspecified atom stereocenters. The lowest BCUT2D eigenvalue weighted by atomic mass is 10.0. The monoisotopic (exact) mass is 493 g/mol. The van der Waals surface area contributed by atoms with Crippen LogP contribution in [0.5, 0.6) is 0 Å². The number of hydrogen-bond donors (Lipinski definition) is 2. The van der Waals surface area contributed by atoms with E-state index in [-0.39, 0.29) is 36.3 Å². The Morgan fingerprint density at radius 3 is 2.57 bits per heavy atom. The zero-order valence-electron chi connectivity index (χ0n) is 15.9. The summed E-state index contributed by atoms with van der Waals surface area (Å²) < 4.78 is 13.9. The second-order valence-electron chi connectivity index (χ2n) is 6.58. The van der Waals surface area contributed by atoms with Gasteiger partial charge in [0.1, 0.15) is 5.82 Å². The van der Waals surface area contributed by atoms with Gasteiger partial charge in [0, 0.05) is 44.0 Å². The van der Waals surface area contributed by atoms with Gasteiger partial charge in [-0.25, -0.2) is 4.39 Å². The van der Waals surface area contributed by atoms with E-state index in [1.54, 1.807) is 13.1 Å². The number of rotatable bonds is 4. The first-order valence-electron chi connectivity index (χ1n) is 9.15. The topological polar surface area (TPSA) is 63.5 Å². The third kappa shape index (κ3) is 5.83. The van der Waals surface area contributed by atoms with Crippen molar-refractivity contribution in [2.75, 3.05) is 25.0 Å². The van der Waals surface area contributed by atoms with Gasteiger partial charge in [-0.15, -0.1) is 24.0 Å². The molecule has 0 spiro atoms. The molecule has 0 aromatic heterocycles. The Labute approximate surface area is 182 Å². The van der Waals surface area contributed by atoms with E-state index in [1.807, 2.05) is 12.1 Å². The fourth-order valence-corrected chi connectivity index (χ4v) is 3.27. The van der Waals surface area contributed by atoms with E-state index in [0.717, 1.165) is 25.9 Å². The number of para-hydroxylation sites is 1. The Kier molecular flexibility index (Phi) is 8.51. The minimum atomic E-state index is -0.326. The molecule has 0 amide bonds. The highest BCUT2D eigenvalue weighted by Gasteiger charge is 2.20. The lowest BCUT2D eigenvalue weighted by Crippen LogP contribution is -2.48. The fourth-order valence-electron chi connectivity index (χ4n) is 3.27. The summed E-state index contributed by atoms with van der Waals surface area (Å²) >= 11 is 0. The minimum absolute atomic E-state index is 0. The smallest absolute Gasteiger partial charge is 0.191 e. The second-order valence-corrected chi connectivity index (χ2v) is 6.58. The number of aliphatic imine (C=N–C) groups is 1. The largest absolute Gasteiger partial charge is 0.371 e. The van der Waals surface area contributed by atoms with E-state index in [4.69, 9.17) is 5.26 Å². The molecule has 148 valence electrons. The van der Waals surface area contributed by atoms with Crippen molar-refractivity contribution in [1.82, 2.24) is 10.6 Å². The van der Waals surface area contributed by atoms with Crippen LogP contribution in [0.15, 0.2) is 53.5 Å². The van der Waals surface area contributed by atoms with Gasteiger partial charge in [-0.05, 0) is 43.2 Å². The van der Waals surface area contributed by atoms with Crippen molar-refractivity contribution in [3.8, 4) is 6.07 Å². The first-order chi connectivity index (χ1) is 13.2. The van der Waals surface area contributed by atoms with Crippen molar-refractivity contribution in [3.05, 3.63) is 65.5 Å². The summed E-state index contributed by atoms with van der Waals surface area (Å²) in [5.41, 5.74) is 2.16. The predicted molar refractivity (Wildman–Crippen MR) is 122 cm³/mol. The molecule has 0 radical (unpaired) electrons. The first-order valence-corrected chi connectivity index (χ1v) is 9.15. The van der Waals surface area contributed by atoms with Gasteiger partial charge in [0.15, 0.2) is 5.96 Å². The van der Waals surface area contributed by atoms with E-state index < -0.39 is 0 Å². The average molecular weight is 493 g/mol. The predicted octanol–water partition coefficient (Wildman–Crippen LogP) is 3.65. The van der Waals surface area contributed by atoms with Crippen molar-refractivity contribution in [3.63, 3.8) is 0 Å². The number of piperidine rings is 1. The molecule has 3 rings (SSSR count). The van der Waals surface area contributed by atoms with E-state index in [2.05, 4.69) is 44.8 Å². The van der Waals surface area contributed by atoms with Crippen LogP contribution in [0.4, 0.5) is 10.1 Å². The molecule has 1 heterocycles. The molecule has 0 bridgehead atoms. The fraction of sp³-hybridized carbons (Fsp3) is 0.333. The van der Waals surface area contributed by atoms with E-state index in [1.165, 1.54) is 17.8 Å². The van der Waals surface area contributed by atoms with Crippen molar-refractivity contribution >= 4 is 35.6 Å². The summed E-state index contributed by atoms with van der Waals surface area (Å²) in [4.78, 5) is 6.63. The molecule has 2 aromatic rings. The Balaban J connectivity index is 0.00000280. The van der Waals surface area contributed by atoms with Crippen LogP contribution in [-0.2, 0) is 6.54 Å². The molecule has 0 aliphatic carbocycles. The summed E-state index contributed by atoms with van der Waals surface area (Å²) in [6.07, 6.45) is 2.02. The number of nitriles is 1. The molecule has 2 aromatic carbocycles. The zero-order chi connectivity index (χ0) is 19.1. The molecule has 5 nitrogen and oxygen atoms in total. The summed E-state index contributed by atoms with van der Waals surface area (Å²) in [6.45, 7) is 2.25. The maximum atomic E-state index is 13.9. The Hall–Kier alpha value is -2.34. The first kappa shape index (κ1) is 22.0. The highest BCUT2D eigenvalue weighted by Crippen LogP contribution is 2.19. The molecule has 28 heavy (non-hydrogen) atoms. The van der Waals surface area contributed by atoms with Gasteiger partial charge in [-0.1, -0.05) is 18.2 Å². The number of halogens is 2. The van der Waals surface area contributed by atoms with Crippen LogP contribution < -0.4 is 15.5 Å². The van der Waals surface area contributed by atoms with Crippen molar-refractivity contribution in [2.45, 2.75) is 25.4 Å². The lowest BCUT2D eigenvalue weighted by Gasteiger charge is -2.34. The van der Waals surface area contributed by atoms with Crippen LogP contribution in [0.3, 0.4) is 0 Å². The van der Waals surface area contributed by atoms with Crippen molar-refractivity contribution in [1.29, 1.82) is 5.26 Å². The number of nitrogens with zero attached hydrogens (tertiary/aromatic N) is 3. The average Bonchev–Trinajstić information content (AvgIpc) is 2.73. The van der Waals surface area contributed by atoms with Crippen molar-refractivity contribution < 1.29 is 4.39 Å². The van der Waals surface area contributed by atoms with Crippen LogP contribution in [-0.4, -0.2) is 32.1 Å². The van der Waals surface area contributed by atoms with Gasteiger partial charge >= 0.3 is 0 Å². The number of nitrogens with one attached hydrogen (secondary N) is 2. The number of benzene rings is 2. The number of anilines is 1. The lowest BCUT2D eigenvalue weighted by molar-refractivity contribution is 0.461. The molecule has 1 fully saturated rings. The standard InChI is InChI=1S/C21H24FN5.HI/c1-24-21(25-15-17-13-16(14-23)7-8-20(17)22)26-18-9-11-27(12-10-18)19-5-3-2-4-6-19;/h2-8,13,18H,9-12,15H2,1H3,(H2,24,25,26);1H. The zero-order valence-corrected chi connectivity index (χ0v) is 18.2. The molecule has 0 saturated carbocycles. The molecular formula is C21H25FIN5. The molecular weight excluding hydrogens is 468 g/mol. The van der Waals surface area contributed by atoms with Gasteiger partial charge in [-0.3, -0.25) is 4.99 Å². The summed E-state index contributed by atoms with van der Waals surface area (Å²) in [5.74, 6) is 0.322. The van der Waals surface area contributed by atoms with Gasteiger partial charge in [0.25, 0.3) is 0 Å². The van der Waals surface area contributed by atoms with E-state index in [0.29, 0.717) is 23.1 Å². The normalized spacial score (nSPS) is 14.8. The number of hydrogen-bond acceptors (Lipinski definition) is 3. The maximum absolute atomic E-state index is 13.9. The van der Waals surface area contributed by atoms with Crippen LogP contribution in [0.1, 0.15) is 24.0 Å². The number of guanidine groups is 1. The van der Waals surface area contributed by atoms with E-state index >= 15 is 0 Å². The second kappa shape index (κ2) is 10.9. The van der Waals surface area contributed by atoms with Gasteiger partial charge in [-0.2, -0.15) is 5.26 Å². The molecule has 1 aliphatic heterocycles.